The Balaban J connectivity index is 1.52. The van der Waals surface area contributed by atoms with Crippen molar-refractivity contribution in [2.45, 2.75) is 19.3 Å². The summed E-state index contributed by atoms with van der Waals surface area (Å²) in [6.45, 7) is 1.58. The average Bonchev–Trinajstić information content (AvgIpc) is 3.24. The molecule has 0 bridgehead atoms. The second-order valence-corrected chi connectivity index (χ2v) is 7.17. The summed E-state index contributed by atoms with van der Waals surface area (Å²) >= 11 is 6.05. The van der Waals surface area contributed by atoms with Gasteiger partial charge in [-0.25, -0.2) is 4.79 Å². The summed E-state index contributed by atoms with van der Waals surface area (Å²) in [5.74, 6) is -0.441. The van der Waals surface area contributed by atoms with E-state index in [-0.39, 0.29) is 30.8 Å². The first-order valence-electron chi connectivity index (χ1n) is 9.51. The van der Waals surface area contributed by atoms with Gasteiger partial charge in [-0.3, -0.25) is 9.59 Å². The second kappa shape index (κ2) is 9.93. The van der Waals surface area contributed by atoms with Crippen molar-refractivity contribution in [3.05, 3.63) is 59.1 Å². The molecule has 1 aliphatic rings. The molecule has 3 N–H and O–H groups in total. The van der Waals surface area contributed by atoms with E-state index >= 15 is 0 Å². The van der Waals surface area contributed by atoms with Crippen LogP contribution in [0.25, 0.3) is 0 Å². The van der Waals surface area contributed by atoms with Crippen LogP contribution in [0, 0.1) is 0 Å². The van der Waals surface area contributed by atoms with Gasteiger partial charge in [-0.05, 0) is 43.2 Å². The van der Waals surface area contributed by atoms with Crippen molar-refractivity contribution >= 4 is 40.8 Å². The van der Waals surface area contributed by atoms with Crippen LogP contribution in [-0.4, -0.2) is 42.4 Å². The zero-order valence-electron chi connectivity index (χ0n) is 15.9. The number of halogens is 1. The minimum atomic E-state index is -0.389. The number of amides is 4. The fourth-order valence-electron chi connectivity index (χ4n) is 3.09. The Morgan fingerprint density at radius 1 is 0.966 bits per heavy atom. The number of para-hydroxylation sites is 1. The number of carbonyl (C=O) groups is 3. The van der Waals surface area contributed by atoms with Gasteiger partial charge in [0.25, 0.3) is 5.91 Å². The number of anilines is 2. The molecule has 0 aliphatic carbocycles. The molecule has 1 saturated heterocycles. The Labute approximate surface area is 174 Å². The van der Waals surface area contributed by atoms with Crippen LogP contribution in [0.3, 0.4) is 0 Å². The molecule has 4 amide bonds. The molecule has 2 aromatic rings. The Hall–Kier alpha value is -3.06. The quantitative estimate of drug-likeness (QED) is 0.672. The molecular formula is C21H23ClN4O3. The maximum absolute atomic E-state index is 12.7. The first kappa shape index (κ1) is 20.7. The van der Waals surface area contributed by atoms with Gasteiger partial charge in [-0.1, -0.05) is 29.8 Å². The third-order valence-corrected chi connectivity index (χ3v) is 4.78. The van der Waals surface area contributed by atoms with E-state index < -0.39 is 0 Å². The molecule has 0 aromatic heterocycles. The monoisotopic (exact) mass is 414 g/mol. The highest BCUT2D eigenvalue weighted by Gasteiger charge is 2.22. The molecule has 0 spiro atoms. The minimum absolute atomic E-state index is 0.0716. The molecule has 1 aliphatic heterocycles. The number of urea groups is 1. The molecule has 0 atom stereocenters. The SMILES string of the molecule is O=C(CCNC(=O)Nc1ccccc1)Nc1ccc(Cl)cc1C(=O)N1CCCC1. The van der Waals surface area contributed by atoms with E-state index in [0.29, 0.717) is 35.1 Å². The zero-order chi connectivity index (χ0) is 20.6. The molecular weight excluding hydrogens is 392 g/mol. The average molecular weight is 415 g/mol. The topological polar surface area (TPSA) is 90.5 Å². The van der Waals surface area contributed by atoms with Gasteiger partial charge in [-0.2, -0.15) is 0 Å². The molecule has 7 nitrogen and oxygen atoms in total. The Kier molecular flexibility index (Phi) is 7.08. The predicted octanol–water partition coefficient (Wildman–Crippen LogP) is 3.73. The smallest absolute Gasteiger partial charge is 0.319 e. The van der Waals surface area contributed by atoms with E-state index in [2.05, 4.69) is 16.0 Å². The number of nitrogens with zero attached hydrogens (tertiary/aromatic N) is 1. The van der Waals surface area contributed by atoms with Crippen molar-refractivity contribution in [3.63, 3.8) is 0 Å². The largest absolute Gasteiger partial charge is 0.339 e. The van der Waals surface area contributed by atoms with Crippen LogP contribution in [0.15, 0.2) is 48.5 Å². The first-order valence-corrected chi connectivity index (χ1v) is 9.89. The van der Waals surface area contributed by atoms with Gasteiger partial charge >= 0.3 is 6.03 Å². The fraction of sp³-hybridized carbons (Fsp3) is 0.286. The second-order valence-electron chi connectivity index (χ2n) is 6.73. The van der Waals surface area contributed by atoms with Gasteiger partial charge in [0.15, 0.2) is 0 Å². The van der Waals surface area contributed by atoms with Crippen molar-refractivity contribution in [2.24, 2.45) is 0 Å². The first-order chi connectivity index (χ1) is 14.0. The van der Waals surface area contributed by atoms with Crippen LogP contribution < -0.4 is 16.0 Å². The van der Waals surface area contributed by atoms with Crippen LogP contribution in [0.4, 0.5) is 16.2 Å². The summed E-state index contributed by atoms with van der Waals surface area (Å²) in [5, 5.41) is 8.50. The lowest BCUT2D eigenvalue weighted by molar-refractivity contribution is -0.116. The summed E-state index contributed by atoms with van der Waals surface area (Å²) in [6.07, 6.45) is 2.03. The molecule has 1 heterocycles. The molecule has 2 aromatic carbocycles. The summed E-state index contributed by atoms with van der Waals surface area (Å²) in [6, 6.07) is 13.5. The van der Waals surface area contributed by atoms with E-state index in [1.54, 1.807) is 35.2 Å². The lowest BCUT2D eigenvalue weighted by Crippen LogP contribution is -2.32. The number of hydrogen-bond acceptors (Lipinski definition) is 3. The van der Waals surface area contributed by atoms with Gasteiger partial charge in [0, 0.05) is 36.8 Å². The number of likely N-dealkylation sites (tertiary alicyclic amines) is 1. The van der Waals surface area contributed by atoms with Crippen LogP contribution in [-0.2, 0) is 4.79 Å². The van der Waals surface area contributed by atoms with E-state index in [4.69, 9.17) is 11.6 Å². The molecule has 0 radical (unpaired) electrons. The van der Waals surface area contributed by atoms with Crippen LogP contribution in [0.5, 0.6) is 0 Å². The number of nitrogens with one attached hydrogen (secondary N) is 3. The summed E-state index contributed by atoms with van der Waals surface area (Å²) < 4.78 is 0. The van der Waals surface area contributed by atoms with E-state index in [0.717, 1.165) is 12.8 Å². The van der Waals surface area contributed by atoms with Gasteiger partial charge < -0.3 is 20.9 Å². The van der Waals surface area contributed by atoms with E-state index in [1.807, 2.05) is 18.2 Å². The third-order valence-electron chi connectivity index (χ3n) is 4.55. The number of hydrogen-bond donors (Lipinski definition) is 3. The lowest BCUT2D eigenvalue weighted by atomic mass is 10.1. The highest BCUT2D eigenvalue weighted by Crippen LogP contribution is 2.24. The highest BCUT2D eigenvalue weighted by molar-refractivity contribution is 6.31. The molecule has 29 heavy (non-hydrogen) atoms. The molecule has 8 heteroatoms. The predicted molar refractivity (Wildman–Crippen MR) is 113 cm³/mol. The molecule has 1 fully saturated rings. The van der Waals surface area contributed by atoms with Crippen LogP contribution in [0.2, 0.25) is 5.02 Å². The highest BCUT2D eigenvalue weighted by atomic mass is 35.5. The van der Waals surface area contributed by atoms with Crippen molar-refractivity contribution in [1.82, 2.24) is 10.2 Å². The standard InChI is InChI=1S/C21H23ClN4O3/c22-15-8-9-18(17(14-15)20(28)26-12-4-5-13-26)25-19(27)10-11-23-21(29)24-16-6-2-1-3-7-16/h1-3,6-9,14H,4-5,10-13H2,(H,25,27)(H2,23,24,29). The van der Waals surface area contributed by atoms with E-state index in [9.17, 15) is 14.4 Å². The number of carbonyl (C=O) groups excluding carboxylic acids is 3. The van der Waals surface area contributed by atoms with Gasteiger partial charge in [0.1, 0.15) is 0 Å². The normalized spacial score (nSPS) is 13.1. The van der Waals surface area contributed by atoms with Gasteiger partial charge in [-0.15, -0.1) is 0 Å². The molecule has 152 valence electrons. The van der Waals surface area contributed by atoms with E-state index in [1.165, 1.54) is 0 Å². The number of benzene rings is 2. The van der Waals surface area contributed by atoms with Crippen molar-refractivity contribution in [3.8, 4) is 0 Å². The maximum Gasteiger partial charge on any atom is 0.319 e. The molecule has 3 rings (SSSR count). The minimum Gasteiger partial charge on any atom is -0.339 e. The zero-order valence-corrected chi connectivity index (χ0v) is 16.7. The van der Waals surface area contributed by atoms with Crippen molar-refractivity contribution in [1.29, 1.82) is 0 Å². The molecule has 0 saturated carbocycles. The van der Waals surface area contributed by atoms with Crippen LogP contribution in [0.1, 0.15) is 29.6 Å². The Bertz CT molecular complexity index is 883. The van der Waals surface area contributed by atoms with Crippen molar-refractivity contribution < 1.29 is 14.4 Å². The third kappa shape index (κ3) is 5.96. The fourth-order valence-corrected chi connectivity index (χ4v) is 3.26. The van der Waals surface area contributed by atoms with Crippen LogP contribution >= 0.6 is 11.6 Å². The molecule has 0 unspecified atom stereocenters. The lowest BCUT2D eigenvalue weighted by Gasteiger charge is -2.18. The van der Waals surface area contributed by atoms with Crippen molar-refractivity contribution in [2.75, 3.05) is 30.3 Å². The van der Waals surface area contributed by atoms with Gasteiger partial charge in [0.05, 0.1) is 11.3 Å². The summed E-state index contributed by atoms with van der Waals surface area (Å²) in [4.78, 5) is 38.6. The maximum atomic E-state index is 12.7. The van der Waals surface area contributed by atoms with Gasteiger partial charge in [0.2, 0.25) is 5.91 Å². The summed E-state index contributed by atoms with van der Waals surface area (Å²) in [5.41, 5.74) is 1.47. The summed E-state index contributed by atoms with van der Waals surface area (Å²) in [7, 11) is 0. The Morgan fingerprint density at radius 3 is 2.41 bits per heavy atom. The number of rotatable bonds is 6. The Morgan fingerprint density at radius 2 is 1.69 bits per heavy atom.